The third-order valence-electron chi connectivity index (χ3n) is 4.23. The molecule has 0 aliphatic carbocycles. The standard InChI is InChI=1S/C21H25NO7/c1-13(14-6-8-16(25-2)9-7-14)22-19(23)12-29-21(24)15-10-17(26-3)20(28-5)18(11-15)27-4/h6-11,13H,12H2,1-5H3,(H,22,23)/t13-/m0/s1. The van der Waals surface area contributed by atoms with Crippen molar-refractivity contribution >= 4 is 11.9 Å². The topological polar surface area (TPSA) is 92.3 Å². The molecule has 0 aliphatic rings. The molecular formula is C21H25NO7. The van der Waals surface area contributed by atoms with Crippen LogP contribution < -0.4 is 24.3 Å². The van der Waals surface area contributed by atoms with Crippen LogP contribution in [0.4, 0.5) is 0 Å². The van der Waals surface area contributed by atoms with Crippen LogP contribution in [0.25, 0.3) is 0 Å². The van der Waals surface area contributed by atoms with Crippen LogP contribution in [0.1, 0.15) is 28.9 Å². The lowest BCUT2D eigenvalue weighted by molar-refractivity contribution is -0.124. The first kappa shape index (κ1) is 21.9. The van der Waals surface area contributed by atoms with Crippen LogP contribution in [0.2, 0.25) is 0 Å². The Labute approximate surface area is 169 Å². The minimum atomic E-state index is -0.684. The highest BCUT2D eigenvalue weighted by atomic mass is 16.5. The van der Waals surface area contributed by atoms with Gasteiger partial charge in [0, 0.05) is 0 Å². The summed E-state index contributed by atoms with van der Waals surface area (Å²) in [5.41, 5.74) is 1.07. The Hall–Kier alpha value is -3.42. The van der Waals surface area contributed by atoms with E-state index in [1.807, 2.05) is 31.2 Å². The van der Waals surface area contributed by atoms with Gasteiger partial charge in [-0.05, 0) is 36.8 Å². The largest absolute Gasteiger partial charge is 0.497 e. The summed E-state index contributed by atoms with van der Waals surface area (Å²) >= 11 is 0. The maximum atomic E-state index is 12.3. The molecule has 0 radical (unpaired) electrons. The first-order valence-corrected chi connectivity index (χ1v) is 8.83. The Balaban J connectivity index is 1.98. The van der Waals surface area contributed by atoms with E-state index in [9.17, 15) is 9.59 Å². The van der Waals surface area contributed by atoms with E-state index in [0.717, 1.165) is 11.3 Å². The van der Waals surface area contributed by atoms with Gasteiger partial charge in [0.05, 0.1) is 40.0 Å². The first-order chi connectivity index (χ1) is 13.9. The molecular weight excluding hydrogens is 378 g/mol. The van der Waals surface area contributed by atoms with Gasteiger partial charge in [-0.2, -0.15) is 0 Å². The van der Waals surface area contributed by atoms with Crippen LogP contribution in [0.5, 0.6) is 23.0 Å². The number of hydrogen-bond acceptors (Lipinski definition) is 7. The molecule has 2 rings (SSSR count). The van der Waals surface area contributed by atoms with Crippen molar-refractivity contribution in [2.45, 2.75) is 13.0 Å². The molecule has 0 heterocycles. The van der Waals surface area contributed by atoms with Crippen LogP contribution in [0, 0.1) is 0 Å². The first-order valence-electron chi connectivity index (χ1n) is 8.83. The fourth-order valence-electron chi connectivity index (χ4n) is 2.67. The lowest BCUT2D eigenvalue weighted by Crippen LogP contribution is -2.31. The smallest absolute Gasteiger partial charge is 0.338 e. The highest BCUT2D eigenvalue weighted by Gasteiger charge is 2.19. The molecule has 0 aliphatic heterocycles. The van der Waals surface area contributed by atoms with Gasteiger partial charge in [0.1, 0.15) is 5.75 Å². The zero-order chi connectivity index (χ0) is 21.4. The highest BCUT2D eigenvalue weighted by molar-refractivity contribution is 5.92. The number of nitrogens with one attached hydrogen (secondary N) is 1. The van der Waals surface area contributed by atoms with Gasteiger partial charge in [-0.1, -0.05) is 12.1 Å². The predicted molar refractivity (Wildman–Crippen MR) is 106 cm³/mol. The summed E-state index contributed by atoms with van der Waals surface area (Å²) in [7, 11) is 5.94. The van der Waals surface area contributed by atoms with E-state index in [-0.39, 0.29) is 11.6 Å². The fourth-order valence-corrected chi connectivity index (χ4v) is 2.67. The Bertz CT molecular complexity index is 824. The maximum absolute atomic E-state index is 12.3. The molecule has 29 heavy (non-hydrogen) atoms. The molecule has 0 fully saturated rings. The normalized spacial score (nSPS) is 11.2. The zero-order valence-corrected chi connectivity index (χ0v) is 17.1. The molecule has 0 aromatic heterocycles. The van der Waals surface area contributed by atoms with E-state index in [4.69, 9.17) is 23.7 Å². The highest BCUT2D eigenvalue weighted by Crippen LogP contribution is 2.38. The number of amides is 1. The number of benzene rings is 2. The molecule has 0 unspecified atom stereocenters. The van der Waals surface area contributed by atoms with Gasteiger partial charge in [-0.3, -0.25) is 4.79 Å². The number of carbonyl (C=O) groups is 2. The van der Waals surface area contributed by atoms with Crippen molar-refractivity contribution in [3.63, 3.8) is 0 Å². The minimum absolute atomic E-state index is 0.176. The second-order valence-electron chi connectivity index (χ2n) is 6.05. The second kappa shape index (κ2) is 10.2. The van der Waals surface area contributed by atoms with Crippen molar-refractivity contribution in [1.82, 2.24) is 5.32 Å². The Kier molecular flexibility index (Phi) is 7.70. The average molecular weight is 403 g/mol. The van der Waals surface area contributed by atoms with Gasteiger partial charge in [-0.15, -0.1) is 0 Å². The third-order valence-corrected chi connectivity index (χ3v) is 4.23. The zero-order valence-electron chi connectivity index (χ0n) is 17.1. The van der Waals surface area contributed by atoms with E-state index in [2.05, 4.69) is 5.32 Å². The van der Waals surface area contributed by atoms with Gasteiger partial charge in [0.25, 0.3) is 5.91 Å². The van der Waals surface area contributed by atoms with E-state index in [0.29, 0.717) is 17.2 Å². The van der Waals surface area contributed by atoms with Crippen molar-refractivity contribution in [3.05, 3.63) is 47.5 Å². The fraction of sp³-hybridized carbons (Fsp3) is 0.333. The van der Waals surface area contributed by atoms with Crippen molar-refractivity contribution < 1.29 is 33.3 Å². The monoisotopic (exact) mass is 403 g/mol. The van der Waals surface area contributed by atoms with Crippen LogP contribution in [-0.2, 0) is 9.53 Å². The molecule has 0 bridgehead atoms. The third kappa shape index (κ3) is 5.54. The molecule has 1 atom stereocenters. The van der Waals surface area contributed by atoms with Crippen LogP contribution in [0.3, 0.4) is 0 Å². The number of esters is 1. The lowest BCUT2D eigenvalue weighted by Gasteiger charge is -2.15. The quantitative estimate of drug-likeness (QED) is 0.644. The van der Waals surface area contributed by atoms with Crippen molar-refractivity contribution in [1.29, 1.82) is 0 Å². The lowest BCUT2D eigenvalue weighted by atomic mass is 10.1. The minimum Gasteiger partial charge on any atom is -0.497 e. The van der Waals surface area contributed by atoms with Crippen LogP contribution in [-0.4, -0.2) is 46.9 Å². The number of methoxy groups -OCH3 is 4. The van der Waals surface area contributed by atoms with Crippen LogP contribution in [0.15, 0.2) is 36.4 Å². The number of carbonyl (C=O) groups excluding carboxylic acids is 2. The molecule has 2 aromatic rings. The molecule has 8 nitrogen and oxygen atoms in total. The van der Waals surface area contributed by atoms with Gasteiger partial charge >= 0.3 is 5.97 Å². The Morgan fingerprint density at radius 3 is 1.97 bits per heavy atom. The SMILES string of the molecule is COc1ccc([C@H](C)NC(=O)COC(=O)c2cc(OC)c(OC)c(OC)c2)cc1. The molecule has 1 amide bonds. The summed E-state index contributed by atoms with van der Waals surface area (Å²) in [5.74, 6) is 0.613. The molecule has 1 N–H and O–H groups in total. The molecule has 0 spiro atoms. The average Bonchev–Trinajstić information content (AvgIpc) is 2.76. The molecule has 8 heteroatoms. The summed E-state index contributed by atoms with van der Waals surface area (Å²) in [6.45, 7) is 1.41. The van der Waals surface area contributed by atoms with E-state index in [1.54, 1.807) is 7.11 Å². The summed E-state index contributed by atoms with van der Waals surface area (Å²) in [6.07, 6.45) is 0. The predicted octanol–water partition coefficient (Wildman–Crippen LogP) is 2.76. The Morgan fingerprint density at radius 1 is 0.897 bits per heavy atom. The summed E-state index contributed by atoms with van der Waals surface area (Å²) in [5, 5.41) is 2.78. The van der Waals surface area contributed by atoms with Gasteiger partial charge in [-0.25, -0.2) is 4.79 Å². The maximum Gasteiger partial charge on any atom is 0.338 e. The van der Waals surface area contributed by atoms with Gasteiger partial charge in [0.15, 0.2) is 18.1 Å². The molecule has 156 valence electrons. The van der Waals surface area contributed by atoms with E-state index < -0.39 is 18.5 Å². The van der Waals surface area contributed by atoms with Crippen molar-refractivity contribution in [2.75, 3.05) is 35.0 Å². The molecule has 2 aromatic carbocycles. The van der Waals surface area contributed by atoms with Gasteiger partial charge in [0.2, 0.25) is 5.75 Å². The number of hydrogen-bond donors (Lipinski definition) is 1. The second-order valence-corrected chi connectivity index (χ2v) is 6.05. The van der Waals surface area contributed by atoms with Gasteiger partial charge < -0.3 is 29.0 Å². The number of rotatable bonds is 9. The summed E-state index contributed by atoms with van der Waals surface area (Å²) in [6, 6.07) is 9.99. The summed E-state index contributed by atoms with van der Waals surface area (Å²) in [4.78, 5) is 24.5. The Morgan fingerprint density at radius 2 is 1.48 bits per heavy atom. The molecule has 0 saturated heterocycles. The van der Waals surface area contributed by atoms with E-state index >= 15 is 0 Å². The van der Waals surface area contributed by atoms with E-state index in [1.165, 1.54) is 33.5 Å². The number of ether oxygens (including phenoxy) is 5. The van der Waals surface area contributed by atoms with Crippen LogP contribution >= 0.6 is 0 Å². The van der Waals surface area contributed by atoms with Crippen molar-refractivity contribution in [3.8, 4) is 23.0 Å². The summed E-state index contributed by atoms with van der Waals surface area (Å²) < 4.78 is 25.9. The van der Waals surface area contributed by atoms with Crippen molar-refractivity contribution in [2.24, 2.45) is 0 Å². The molecule has 0 saturated carbocycles.